The van der Waals surface area contributed by atoms with Gasteiger partial charge < -0.3 is 15.1 Å². The van der Waals surface area contributed by atoms with Gasteiger partial charge in [-0.25, -0.2) is 0 Å². The minimum atomic E-state index is -0.209. The van der Waals surface area contributed by atoms with E-state index in [9.17, 15) is 10.2 Å². The Morgan fingerprint density at radius 2 is 1.60 bits per heavy atom. The van der Waals surface area contributed by atoms with Crippen LogP contribution in [0.4, 0.5) is 11.4 Å². The molecule has 0 saturated heterocycles. The van der Waals surface area contributed by atoms with Gasteiger partial charge in [-0.15, -0.1) is 0 Å². The molecule has 3 rings (SSSR count). The van der Waals surface area contributed by atoms with Crippen LogP contribution in [0.15, 0.2) is 58.0 Å². The Morgan fingerprint density at radius 3 is 2.23 bits per heavy atom. The Labute approximate surface area is 222 Å². The maximum Gasteiger partial charge on any atom is 0.139 e. The lowest BCUT2D eigenvalue weighted by Gasteiger charge is -2.27. The number of para-hydroxylation sites is 2. The fourth-order valence-corrected chi connectivity index (χ4v) is 4.75. The number of phenolic OH excluding ortho intramolecular Hbond substituents is 2. The molecule has 3 aromatic carbocycles. The number of aromatic hydroxyl groups is 2. The molecule has 0 bridgehead atoms. The van der Waals surface area contributed by atoms with Crippen LogP contribution >= 0.6 is 27.5 Å². The van der Waals surface area contributed by atoms with Gasteiger partial charge in [-0.3, -0.25) is 4.99 Å². The summed E-state index contributed by atoms with van der Waals surface area (Å²) in [4.78, 5) is 6.79. The number of rotatable bonds is 5. The third-order valence-corrected chi connectivity index (χ3v) is 6.71. The first-order valence-corrected chi connectivity index (χ1v) is 12.7. The van der Waals surface area contributed by atoms with Gasteiger partial charge in [-0.2, -0.15) is 0 Å². The maximum absolute atomic E-state index is 11.1. The van der Waals surface area contributed by atoms with Crippen molar-refractivity contribution in [2.24, 2.45) is 4.99 Å². The van der Waals surface area contributed by atoms with E-state index in [2.05, 4.69) is 63.5 Å². The molecule has 0 saturated carbocycles. The third-order valence-electron chi connectivity index (χ3n) is 5.96. The predicted octanol–water partition coefficient (Wildman–Crippen LogP) is 8.50. The lowest BCUT2D eigenvalue weighted by molar-refractivity contribution is 0.444. The van der Waals surface area contributed by atoms with Crippen LogP contribution in [0.5, 0.6) is 11.5 Å². The van der Waals surface area contributed by atoms with E-state index in [0.29, 0.717) is 22.7 Å². The summed E-state index contributed by atoms with van der Waals surface area (Å²) < 4.78 is 0.805. The SMILES string of the molecule is CN(Cc1cc(Br)cc(Cl)c1O)c1ccccc1N=Cc1cc(C(C)(C)C)cc(C(C)(C)C)c1O. The van der Waals surface area contributed by atoms with E-state index in [1.165, 1.54) is 0 Å². The van der Waals surface area contributed by atoms with E-state index in [-0.39, 0.29) is 22.3 Å². The molecule has 0 fully saturated rings. The van der Waals surface area contributed by atoms with Gasteiger partial charge in [0.15, 0.2) is 0 Å². The standard InChI is InChI=1S/C29H34BrClN2O2/c1-28(2,3)20-12-18(26(34)22(14-20)29(4,5)6)16-32-24-10-8-9-11-25(24)33(7)17-19-13-21(30)15-23(31)27(19)35/h8-16,34-35H,17H2,1-7H3. The van der Waals surface area contributed by atoms with Crippen molar-refractivity contribution in [3.8, 4) is 11.5 Å². The van der Waals surface area contributed by atoms with E-state index in [0.717, 1.165) is 27.0 Å². The fraction of sp³-hybridized carbons (Fsp3) is 0.345. The van der Waals surface area contributed by atoms with E-state index < -0.39 is 0 Å². The first kappa shape index (κ1) is 27.1. The number of hydrogen-bond donors (Lipinski definition) is 2. The molecule has 0 heterocycles. The molecule has 0 unspecified atom stereocenters. The number of anilines is 1. The zero-order valence-electron chi connectivity index (χ0n) is 21.4. The fourth-order valence-electron chi connectivity index (χ4n) is 3.88. The summed E-state index contributed by atoms with van der Waals surface area (Å²) >= 11 is 9.60. The number of hydrogen-bond acceptors (Lipinski definition) is 4. The van der Waals surface area contributed by atoms with E-state index in [1.807, 2.05) is 48.3 Å². The van der Waals surface area contributed by atoms with Crippen LogP contribution in [0.3, 0.4) is 0 Å². The average molecular weight is 558 g/mol. The smallest absolute Gasteiger partial charge is 0.139 e. The largest absolute Gasteiger partial charge is 0.507 e. The summed E-state index contributed by atoms with van der Waals surface area (Å²) in [6, 6.07) is 15.4. The second-order valence-corrected chi connectivity index (χ2v) is 12.3. The first-order chi connectivity index (χ1) is 16.2. The quantitative estimate of drug-likeness (QED) is 0.309. The lowest BCUT2D eigenvalue weighted by atomic mass is 9.79. The summed E-state index contributed by atoms with van der Waals surface area (Å²) in [6.07, 6.45) is 1.74. The molecule has 0 aliphatic carbocycles. The first-order valence-electron chi connectivity index (χ1n) is 11.6. The molecule has 0 aromatic heterocycles. The molecular formula is C29H34BrClN2O2. The number of nitrogens with zero attached hydrogens (tertiary/aromatic N) is 2. The molecule has 0 amide bonds. The molecule has 186 valence electrons. The number of phenols is 2. The topological polar surface area (TPSA) is 56.1 Å². The number of aliphatic imine (C=N–C) groups is 1. The highest BCUT2D eigenvalue weighted by atomic mass is 79.9. The van der Waals surface area contributed by atoms with Gasteiger partial charge in [-0.05, 0) is 46.7 Å². The van der Waals surface area contributed by atoms with Crippen LogP contribution in [0, 0.1) is 0 Å². The van der Waals surface area contributed by atoms with Crippen molar-refractivity contribution in [2.75, 3.05) is 11.9 Å². The summed E-state index contributed by atoms with van der Waals surface area (Å²) in [6.45, 7) is 13.2. The second-order valence-electron chi connectivity index (χ2n) is 11.0. The van der Waals surface area contributed by atoms with Gasteiger partial charge in [0.05, 0.1) is 16.4 Å². The summed E-state index contributed by atoms with van der Waals surface area (Å²) in [5, 5.41) is 21.8. The van der Waals surface area contributed by atoms with Crippen molar-refractivity contribution >= 4 is 45.1 Å². The van der Waals surface area contributed by atoms with Gasteiger partial charge >= 0.3 is 0 Å². The van der Waals surface area contributed by atoms with Crippen molar-refractivity contribution in [3.05, 3.63) is 80.3 Å². The van der Waals surface area contributed by atoms with Crippen molar-refractivity contribution in [1.29, 1.82) is 0 Å². The second kappa shape index (κ2) is 10.2. The summed E-state index contributed by atoms with van der Waals surface area (Å²) in [7, 11) is 1.94. The van der Waals surface area contributed by atoms with Gasteiger partial charge in [0, 0.05) is 41.0 Å². The Bertz CT molecular complexity index is 1260. The highest BCUT2D eigenvalue weighted by molar-refractivity contribution is 9.10. The van der Waals surface area contributed by atoms with Gasteiger partial charge in [-0.1, -0.05) is 87.3 Å². The highest BCUT2D eigenvalue weighted by Crippen LogP contribution is 2.38. The summed E-state index contributed by atoms with van der Waals surface area (Å²) in [5.41, 5.74) is 4.82. The molecule has 35 heavy (non-hydrogen) atoms. The summed E-state index contributed by atoms with van der Waals surface area (Å²) in [5.74, 6) is 0.329. The van der Waals surface area contributed by atoms with Crippen LogP contribution < -0.4 is 4.90 Å². The predicted molar refractivity (Wildman–Crippen MR) is 152 cm³/mol. The van der Waals surface area contributed by atoms with Gasteiger partial charge in [0.25, 0.3) is 0 Å². The van der Waals surface area contributed by atoms with Crippen LogP contribution in [-0.4, -0.2) is 23.5 Å². The Kier molecular flexibility index (Phi) is 7.93. The number of halogens is 2. The Morgan fingerprint density at radius 1 is 0.943 bits per heavy atom. The van der Waals surface area contributed by atoms with Crippen molar-refractivity contribution < 1.29 is 10.2 Å². The molecule has 0 radical (unpaired) electrons. The van der Waals surface area contributed by atoms with Crippen LogP contribution in [0.25, 0.3) is 0 Å². The molecular weight excluding hydrogens is 524 g/mol. The van der Waals surface area contributed by atoms with Gasteiger partial charge in [0.2, 0.25) is 0 Å². The number of benzene rings is 3. The molecule has 6 heteroatoms. The van der Waals surface area contributed by atoms with Crippen molar-refractivity contribution in [3.63, 3.8) is 0 Å². The minimum Gasteiger partial charge on any atom is -0.507 e. The maximum atomic E-state index is 11.1. The lowest BCUT2D eigenvalue weighted by Crippen LogP contribution is -2.17. The molecule has 3 aromatic rings. The molecule has 0 aliphatic heterocycles. The molecule has 0 spiro atoms. The Balaban J connectivity index is 2.01. The minimum absolute atomic E-state index is 0.0678. The van der Waals surface area contributed by atoms with Crippen molar-refractivity contribution in [1.82, 2.24) is 0 Å². The highest BCUT2D eigenvalue weighted by Gasteiger charge is 2.24. The van der Waals surface area contributed by atoms with Crippen LogP contribution in [0.1, 0.15) is 63.8 Å². The van der Waals surface area contributed by atoms with E-state index >= 15 is 0 Å². The van der Waals surface area contributed by atoms with E-state index in [4.69, 9.17) is 16.6 Å². The molecule has 2 N–H and O–H groups in total. The monoisotopic (exact) mass is 556 g/mol. The Hall–Kier alpha value is -2.50. The zero-order chi connectivity index (χ0) is 26.1. The molecule has 0 atom stereocenters. The van der Waals surface area contributed by atoms with Crippen LogP contribution in [-0.2, 0) is 17.4 Å². The molecule has 4 nitrogen and oxygen atoms in total. The molecule has 0 aliphatic rings. The average Bonchev–Trinajstić information content (AvgIpc) is 2.75. The van der Waals surface area contributed by atoms with E-state index in [1.54, 1.807) is 12.3 Å². The normalized spacial score (nSPS) is 12.4. The zero-order valence-corrected chi connectivity index (χ0v) is 23.8. The third kappa shape index (κ3) is 6.39. The van der Waals surface area contributed by atoms with Crippen LogP contribution in [0.2, 0.25) is 5.02 Å². The van der Waals surface area contributed by atoms with Gasteiger partial charge in [0.1, 0.15) is 11.5 Å². The van der Waals surface area contributed by atoms with Crippen molar-refractivity contribution in [2.45, 2.75) is 58.9 Å².